The quantitative estimate of drug-likeness (QED) is 0.351. The number of unbranched alkanes of at least 4 members (excludes halogenated alkanes) is 7. The standard InChI is InChI=1S/C17H30O6/c1-23-16(20)11-9-7-5-3-2-4-6-8-10-14(17(21)22)12-13-15(18)19/h14H,2-13H2,1H3,(H,18,19)(H,21,22). The predicted molar refractivity (Wildman–Crippen MR) is 86.2 cm³/mol. The van der Waals surface area contributed by atoms with E-state index in [9.17, 15) is 14.4 Å². The molecule has 0 aliphatic carbocycles. The summed E-state index contributed by atoms with van der Waals surface area (Å²) in [6, 6.07) is 0. The van der Waals surface area contributed by atoms with Gasteiger partial charge in [-0.3, -0.25) is 14.4 Å². The van der Waals surface area contributed by atoms with Crippen LogP contribution in [0, 0.1) is 5.92 Å². The van der Waals surface area contributed by atoms with E-state index in [1.165, 1.54) is 7.11 Å². The van der Waals surface area contributed by atoms with Crippen LogP contribution >= 0.6 is 0 Å². The van der Waals surface area contributed by atoms with Gasteiger partial charge in [0.2, 0.25) is 0 Å². The van der Waals surface area contributed by atoms with Gasteiger partial charge in [0, 0.05) is 12.8 Å². The molecule has 0 saturated carbocycles. The van der Waals surface area contributed by atoms with E-state index >= 15 is 0 Å². The van der Waals surface area contributed by atoms with Crippen LogP contribution in [0.2, 0.25) is 0 Å². The Labute approximate surface area is 138 Å². The monoisotopic (exact) mass is 330 g/mol. The Morgan fingerprint density at radius 1 is 0.783 bits per heavy atom. The van der Waals surface area contributed by atoms with Crippen molar-refractivity contribution in [3.8, 4) is 0 Å². The highest BCUT2D eigenvalue weighted by atomic mass is 16.5. The fraction of sp³-hybridized carbons (Fsp3) is 0.824. The number of hydrogen-bond donors (Lipinski definition) is 2. The van der Waals surface area contributed by atoms with Crippen molar-refractivity contribution >= 4 is 17.9 Å². The van der Waals surface area contributed by atoms with Gasteiger partial charge in [0.15, 0.2) is 0 Å². The van der Waals surface area contributed by atoms with E-state index in [4.69, 9.17) is 10.2 Å². The first-order valence-electron chi connectivity index (χ1n) is 8.48. The van der Waals surface area contributed by atoms with Crippen LogP contribution in [0.1, 0.15) is 77.0 Å². The van der Waals surface area contributed by atoms with Crippen molar-refractivity contribution in [3.05, 3.63) is 0 Å². The number of esters is 1. The minimum Gasteiger partial charge on any atom is -0.481 e. The zero-order chi connectivity index (χ0) is 17.5. The number of carboxylic acids is 2. The van der Waals surface area contributed by atoms with Crippen molar-refractivity contribution in [2.45, 2.75) is 77.0 Å². The van der Waals surface area contributed by atoms with Crippen molar-refractivity contribution in [2.24, 2.45) is 5.92 Å². The van der Waals surface area contributed by atoms with Gasteiger partial charge in [-0.15, -0.1) is 0 Å². The van der Waals surface area contributed by atoms with E-state index in [-0.39, 0.29) is 18.8 Å². The van der Waals surface area contributed by atoms with E-state index in [2.05, 4.69) is 4.74 Å². The van der Waals surface area contributed by atoms with Gasteiger partial charge >= 0.3 is 17.9 Å². The second kappa shape index (κ2) is 14.0. The second-order valence-electron chi connectivity index (χ2n) is 5.91. The minimum atomic E-state index is -0.941. The lowest BCUT2D eigenvalue weighted by Crippen LogP contribution is -2.15. The number of ether oxygens (including phenoxy) is 1. The Morgan fingerprint density at radius 2 is 1.30 bits per heavy atom. The molecule has 0 bridgehead atoms. The van der Waals surface area contributed by atoms with Crippen LogP contribution in [0.25, 0.3) is 0 Å². The SMILES string of the molecule is COC(=O)CCCCCCCCCCC(CCC(=O)O)C(=O)O. The van der Waals surface area contributed by atoms with Crippen LogP contribution in [0.5, 0.6) is 0 Å². The molecule has 23 heavy (non-hydrogen) atoms. The molecule has 0 aliphatic heterocycles. The highest BCUT2D eigenvalue weighted by Crippen LogP contribution is 2.17. The maximum Gasteiger partial charge on any atom is 0.306 e. The van der Waals surface area contributed by atoms with Gasteiger partial charge in [-0.1, -0.05) is 44.9 Å². The van der Waals surface area contributed by atoms with Crippen molar-refractivity contribution in [1.82, 2.24) is 0 Å². The van der Waals surface area contributed by atoms with Gasteiger partial charge in [-0.25, -0.2) is 0 Å². The number of carbonyl (C=O) groups excluding carboxylic acids is 1. The van der Waals surface area contributed by atoms with Gasteiger partial charge in [-0.05, 0) is 19.3 Å². The van der Waals surface area contributed by atoms with Gasteiger partial charge in [0.05, 0.1) is 13.0 Å². The summed E-state index contributed by atoms with van der Waals surface area (Å²) >= 11 is 0. The van der Waals surface area contributed by atoms with E-state index in [0.29, 0.717) is 12.8 Å². The topological polar surface area (TPSA) is 101 Å². The third kappa shape index (κ3) is 13.8. The summed E-state index contributed by atoms with van der Waals surface area (Å²) < 4.78 is 4.58. The molecule has 6 nitrogen and oxygen atoms in total. The first-order valence-corrected chi connectivity index (χ1v) is 8.48. The number of rotatable bonds is 15. The summed E-state index contributed by atoms with van der Waals surface area (Å²) in [6.45, 7) is 0. The zero-order valence-electron chi connectivity index (χ0n) is 14.1. The first kappa shape index (κ1) is 21.4. The van der Waals surface area contributed by atoms with E-state index in [0.717, 1.165) is 51.4 Å². The molecular formula is C17H30O6. The molecule has 6 heteroatoms. The smallest absolute Gasteiger partial charge is 0.306 e. The van der Waals surface area contributed by atoms with Crippen LogP contribution in [0.4, 0.5) is 0 Å². The summed E-state index contributed by atoms with van der Waals surface area (Å²) in [7, 11) is 1.40. The Balaban J connectivity index is 3.47. The van der Waals surface area contributed by atoms with E-state index in [1.807, 2.05) is 0 Å². The molecule has 0 aliphatic rings. The summed E-state index contributed by atoms with van der Waals surface area (Å²) in [4.78, 5) is 32.4. The predicted octanol–water partition coefficient (Wildman–Crippen LogP) is 3.63. The first-order chi connectivity index (χ1) is 11.0. The van der Waals surface area contributed by atoms with Crippen molar-refractivity contribution in [2.75, 3.05) is 7.11 Å². The zero-order valence-corrected chi connectivity index (χ0v) is 14.1. The molecule has 0 aromatic heterocycles. The largest absolute Gasteiger partial charge is 0.481 e. The molecule has 0 rings (SSSR count). The molecule has 0 aromatic carbocycles. The molecule has 1 atom stereocenters. The lowest BCUT2D eigenvalue weighted by atomic mass is 9.95. The molecule has 0 spiro atoms. The van der Waals surface area contributed by atoms with Crippen molar-refractivity contribution in [1.29, 1.82) is 0 Å². The Kier molecular flexibility index (Phi) is 13.1. The molecule has 0 amide bonds. The van der Waals surface area contributed by atoms with Gasteiger partial charge in [0.1, 0.15) is 0 Å². The third-order valence-electron chi connectivity index (χ3n) is 3.97. The molecule has 0 saturated heterocycles. The van der Waals surface area contributed by atoms with Crippen molar-refractivity contribution < 1.29 is 29.3 Å². The fourth-order valence-electron chi connectivity index (χ4n) is 2.51. The summed E-state index contributed by atoms with van der Waals surface area (Å²) in [6.07, 6.45) is 9.32. The Bertz CT molecular complexity index is 353. The fourth-order valence-corrected chi connectivity index (χ4v) is 2.51. The average molecular weight is 330 g/mol. The maximum absolute atomic E-state index is 11.0. The molecule has 134 valence electrons. The van der Waals surface area contributed by atoms with Crippen LogP contribution in [0.3, 0.4) is 0 Å². The maximum atomic E-state index is 11.0. The van der Waals surface area contributed by atoms with Crippen LogP contribution in [-0.4, -0.2) is 35.2 Å². The molecular weight excluding hydrogens is 300 g/mol. The second-order valence-corrected chi connectivity index (χ2v) is 5.91. The highest BCUT2D eigenvalue weighted by molar-refractivity contribution is 5.72. The summed E-state index contributed by atoms with van der Waals surface area (Å²) in [5, 5.41) is 17.6. The molecule has 2 N–H and O–H groups in total. The van der Waals surface area contributed by atoms with E-state index < -0.39 is 17.9 Å². The third-order valence-corrected chi connectivity index (χ3v) is 3.97. The molecule has 0 aromatic rings. The molecule has 0 radical (unpaired) electrons. The Hall–Kier alpha value is -1.59. The Morgan fingerprint density at radius 3 is 1.78 bits per heavy atom. The lowest BCUT2D eigenvalue weighted by molar-refractivity contribution is -0.143. The summed E-state index contributed by atoms with van der Waals surface area (Å²) in [5.74, 6) is -2.52. The van der Waals surface area contributed by atoms with E-state index in [1.54, 1.807) is 0 Å². The molecule has 0 fully saturated rings. The van der Waals surface area contributed by atoms with Crippen molar-refractivity contribution in [3.63, 3.8) is 0 Å². The summed E-state index contributed by atoms with van der Waals surface area (Å²) in [5.41, 5.74) is 0. The number of hydrogen-bond acceptors (Lipinski definition) is 4. The average Bonchev–Trinajstić information content (AvgIpc) is 2.50. The van der Waals surface area contributed by atoms with Gasteiger partial charge in [0.25, 0.3) is 0 Å². The van der Waals surface area contributed by atoms with Gasteiger partial charge in [-0.2, -0.15) is 0 Å². The number of carboxylic acid groups (broad SMARTS) is 2. The van der Waals surface area contributed by atoms with Gasteiger partial charge < -0.3 is 14.9 Å². The molecule has 1 unspecified atom stereocenters. The number of aliphatic carboxylic acids is 2. The minimum absolute atomic E-state index is 0.0808. The van der Waals surface area contributed by atoms with Crippen LogP contribution in [-0.2, 0) is 19.1 Å². The number of carbonyl (C=O) groups is 3. The van der Waals surface area contributed by atoms with Crippen LogP contribution < -0.4 is 0 Å². The highest BCUT2D eigenvalue weighted by Gasteiger charge is 2.17. The molecule has 0 heterocycles. The number of methoxy groups -OCH3 is 1. The normalized spacial score (nSPS) is 11.9. The lowest BCUT2D eigenvalue weighted by Gasteiger charge is -2.10. The van der Waals surface area contributed by atoms with Crippen LogP contribution in [0.15, 0.2) is 0 Å².